The molecule has 0 amide bonds. The zero-order valence-electron chi connectivity index (χ0n) is 12.5. The van der Waals surface area contributed by atoms with Gasteiger partial charge in [0.2, 0.25) is 0 Å². The first-order chi connectivity index (χ1) is 10.8. The Labute approximate surface area is 130 Å². The minimum atomic E-state index is 0.676. The van der Waals surface area contributed by atoms with Crippen LogP contribution in [0.3, 0.4) is 0 Å². The van der Waals surface area contributed by atoms with Crippen molar-refractivity contribution in [2.45, 2.75) is 6.92 Å². The van der Waals surface area contributed by atoms with Gasteiger partial charge in [0.05, 0.1) is 11.6 Å². The van der Waals surface area contributed by atoms with Gasteiger partial charge in [-0.05, 0) is 42.0 Å². The number of rotatable bonds is 1. The molecule has 0 bridgehead atoms. The molecule has 0 aromatic heterocycles. The molecule has 2 aliphatic rings. The Balaban J connectivity index is 1.97. The van der Waals surface area contributed by atoms with Crippen molar-refractivity contribution in [3.05, 3.63) is 59.2 Å². The summed E-state index contributed by atoms with van der Waals surface area (Å²) in [5.74, 6) is 1.74. The maximum atomic E-state index is 9.20. The van der Waals surface area contributed by atoms with Crippen LogP contribution in [-0.2, 0) is 0 Å². The molecule has 2 aromatic rings. The lowest BCUT2D eigenvalue weighted by Gasteiger charge is -2.16. The molecule has 2 heterocycles. The van der Waals surface area contributed by atoms with Crippen molar-refractivity contribution < 1.29 is 4.74 Å². The quantitative estimate of drug-likeness (QED) is 0.798. The highest BCUT2D eigenvalue weighted by molar-refractivity contribution is 5.98. The molecule has 0 unspecified atom stereocenters. The Bertz CT molecular complexity index is 830. The maximum absolute atomic E-state index is 9.20. The zero-order chi connectivity index (χ0) is 15.1. The Morgan fingerprint density at radius 3 is 2.55 bits per heavy atom. The fourth-order valence-corrected chi connectivity index (χ4v) is 3.26. The SMILES string of the molecule is CCN1CC2=C(C1)c1cc(C#N)ccc1Oc1ccccc12. The molecule has 2 aliphatic heterocycles. The van der Waals surface area contributed by atoms with E-state index in [9.17, 15) is 5.26 Å². The molecule has 2 aromatic carbocycles. The predicted octanol–water partition coefficient (Wildman–Crippen LogP) is 3.91. The smallest absolute Gasteiger partial charge is 0.135 e. The lowest BCUT2D eigenvalue weighted by Crippen LogP contribution is -2.20. The number of ether oxygens (including phenoxy) is 1. The summed E-state index contributed by atoms with van der Waals surface area (Å²) in [5, 5.41) is 9.20. The number of nitrogens with zero attached hydrogens (tertiary/aromatic N) is 2. The second-order valence-electron chi connectivity index (χ2n) is 5.68. The Morgan fingerprint density at radius 1 is 1.05 bits per heavy atom. The normalized spacial score (nSPS) is 16.2. The molecule has 22 heavy (non-hydrogen) atoms. The third-order valence-corrected chi connectivity index (χ3v) is 4.44. The van der Waals surface area contributed by atoms with Crippen molar-refractivity contribution in [1.82, 2.24) is 4.90 Å². The van der Waals surface area contributed by atoms with Crippen molar-refractivity contribution in [2.24, 2.45) is 0 Å². The van der Waals surface area contributed by atoms with Crippen LogP contribution in [0.15, 0.2) is 42.5 Å². The van der Waals surface area contributed by atoms with Crippen molar-refractivity contribution in [3.63, 3.8) is 0 Å². The first kappa shape index (κ1) is 13.1. The summed E-state index contributed by atoms with van der Waals surface area (Å²) in [5.41, 5.74) is 5.52. The van der Waals surface area contributed by atoms with Gasteiger partial charge in [-0.2, -0.15) is 5.26 Å². The summed E-state index contributed by atoms with van der Waals surface area (Å²) in [6.07, 6.45) is 0. The van der Waals surface area contributed by atoms with E-state index in [-0.39, 0.29) is 0 Å². The molecule has 0 N–H and O–H groups in total. The fourth-order valence-electron chi connectivity index (χ4n) is 3.26. The first-order valence-corrected chi connectivity index (χ1v) is 7.56. The molecule has 0 spiro atoms. The van der Waals surface area contributed by atoms with Crippen LogP contribution in [0.1, 0.15) is 23.6 Å². The van der Waals surface area contributed by atoms with Crippen LogP contribution in [0.4, 0.5) is 0 Å². The molecule has 3 heteroatoms. The van der Waals surface area contributed by atoms with E-state index < -0.39 is 0 Å². The monoisotopic (exact) mass is 288 g/mol. The van der Waals surface area contributed by atoms with Crippen LogP contribution in [0, 0.1) is 11.3 Å². The number of likely N-dealkylation sites (N-methyl/N-ethyl adjacent to an activating group) is 1. The summed E-state index contributed by atoms with van der Waals surface area (Å²) in [6, 6.07) is 16.1. The van der Waals surface area contributed by atoms with Crippen molar-refractivity contribution >= 4 is 11.1 Å². The van der Waals surface area contributed by atoms with Crippen LogP contribution >= 0.6 is 0 Å². The highest BCUT2D eigenvalue weighted by atomic mass is 16.5. The Morgan fingerprint density at radius 2 is 1.77 bits per heavy atom. The van der Waals surface area contributed by atoms with E-state index in [1.807, 2.05) is 30.3 Å². The molecule has 108 valence electrons. The number of benzene rings is 2. The molecule has 0 saturated heterocycles. The number of nitriles is 1. The minimum absolute atomic E-state index is 0.676. The van der Waals surface area contributed by atoms with Gasteiger partial charge in [0.15, 0.2) is 0 Å². The number of hydrogen-bond donors (Lipinski definition) is 0. The fraction of sp³-hybridized carbons (Fsp3) is 0.211. The summed E-state index contributed by atoms with van der Waals surface area (Å²) >= 11 is 0. The largest absolute Gasteiger partial charge is 0.456 e. The van der Waals surface area contributed by atoms with Gasteiger partial charge in [-0.25, -0.2) is 0 Å². The molecule has 0 radical (unpaired) electrons. The van der Waals surface area contributed by atoms with Gasteiger partial charge in [0.25, 0.3) is 0 Å². The van der Waals surface area contributed by atoms with Crippen LogP contribution < -0.4 is 4.74 Å². The third-order valence-electron chi connectivity index (χ3n) is 4.44. The molecule has 0 saturated carbocycles. The van der Waals surface area contributed by atoms with Crippen LogP contribution in [0.25, 0.3) is 11.1 Å². The van der Waals surface area contributed by atoms with Gasteiger partial charge < -0.3 is 4.74 Å². The second-order valence-corrected chi connectivity index (χ2v) is 5.68. The average molecular weight is 288 g/mol. The van der Waals surface area contributed by atoms with Gasteiger partial charge >= 0.3 is 0 Å². The first-order valence-electron chi connectivity index (χ1n) is 7.56. The third kappa shape index (κ3) is 1.93. The maximum Gasteiger partial charge on any atom is 0.135 e. The van der Waals surface area contributed by atoms with Gasteiger partial charge in [-0.3, -0.25) is 4.90 Å². The highest BCUT2D eigenvalue weighted by Crippen LogP contribution is 2.45. The van der Waals surface area contributed by atoms with Gasteiger partial charge in [-0.1, -0.05) is 25.1 Å². The standard InChI is InChI=1S/C19H16N2O/c1-2-21-11-16-14-5-3-4-6-18(14)22-19-8-7-13(10-20)9-15(19)17(16)12-21/h3-9H,2,11-12H2,1H3. The second kappa shape index (κ2) is 5.01. The predicted molar refractivity (Wildman–Crippen MR) is 86.6 cm³/mol. The summed E-state index contributed by atoms with van der Waals surface area (Å²) in [6.45, 7) is 5.04. The van der Waals surface area contributed by atoms with Crippen LogP contribution in [-0.4, -0.2) is 24.5 Å². The molecule has 3 nitrogen and oxygen atoms in total. The molecule has 0 atom stereocenters. The minimum Gasteiger partial charge on any atom is -0.456 e. The number of fused-ring (bicyclic) bond motifs is 4. The summed E-state index contributed by atoms with van der Waals surface area (Å²) < 4.78 is 6.14. The Hall–Kier alpha value is -2.57. The van der Waals surface area contributed by atoms with E-state index in [1.54, 1.807) is 0 Å². The Kier molecular flexibility index (Phi) is 2.99. The van der Waals surface area contributed by atoms with E-state index >= 15 is 0 Å². The van der Waals surface area contributed by atoms with Crippen LogP contribution in [0.2, 0.25) is 0 Å². The molecule has 0 fully saturated rings. The highest BCUT2D eigenvalue weighted by Gasteiger charge is 2.29. The zero-order valence-corrected chi connectivity index (χ0v) is 12.5. The van der Waals surface area contributed by atoms with Crippen molar-refractivity contribution in [2.75, 3.05) is 19.6 Å². The summed E-state index contributed by atoms with van der Waals surface area (Å²) in [4.78, 5) is 2.41. The summed E-state index contributed by atoms with van der Waals surface area (Å²) in [7, 11) is 0. The van der Waals surface area contributed by atoms with E-state index in [1.165, 1.54) is 16.7 Å². The molecular weight excluding hydrogens is 272 g/mol. The topological polar surface area (TPSA) is 36.3 Å². The van der Waals surface area contributed by atoms with Crippen molar-refractivity contribution in [3.8, 4) is 17.6 Å². The molecular formula is C19H16N2O. The molecule has 4 rings (SSSR count). The number of para-hydroxylation sites is 1. The lowest BCUT2D eigenvalue weighted by atomic mass is 9.96. The van der Waals surface area contributed by atoms with E-state index in [2.05, 4.69) is 30.0 Å². The van der Waals surface area contributed by atoms with E-state index in [0.29, 0.717) is 5.56 Å². The van der Waals surface area contributed by atoms with Crippen LogP contribution in [0.5, 0.6) is 11.5 Å². The lowest BCUT2D eigenvalue weighted by molar-refractivity contribution is 0.378. The van der Waals surface area contributed by atoms with E-state index in [0.717, 1.165) is 36.7 Å². The van der Waals surface area contributed by atoms with Gasteiger partial charge in [-0.15, -0.1) is 0 Å². The molecule has 0 aliphatic carbocycles. The average Bonchev–Trinajstić information content (AvgIpc) is 2.95. The van der Waals surface area contributed by atoms with Gasteiger partial charge in [0.1, 0.15) is 11.5 Å². The van der Waals surface area contributed by atoms with Gasteiger partial charge in [0, 0.05) is 24.2 Å². The number of hydrogen-bond acceptors (Lipinski definition) is 3. The van der Waals surface area contributed by atoms with E-state index in [4.69, 9.17) is 4.74 Å². The van der Waals surface area contributed by atoms with Crippen molar-refractivity contribution in [1.29, 1.82) is 5.26 Å².